The van der Waals surface area contributed by atoms with E-state index in [0.717, 1.165) is 10.5 Å². The molecule has 2 heterocycles. The van der Waals surface area contributed by atoms with Crippen molar-refractivity contribution in [1.82, 2.24) is 0 Å². The van der Waals surface area contributed by atoms with Crippen molar-refractivity contribution in [1.29, 1.82) is 0 Å². The predicted octanol–water partition coefficient (Wildman–Crippen LogP) is 2.52. The predicted molar refractivity (Wildman–Crippen MR) is 93.0 cm³/mol. The fourth-order valence-corrected chi connectivity index (χ4v) is 3.75. The van der Waals surface area contributed by atoms with E-state index in [2.05, 4.69) is 0 Å². The largest absolute Gasteiger partial charge is 0.497 e. The highest BCUT2D eigenvalue weighted by atomic mass is 16.5. The molecule has 3 atom stereocenters. The van der Waals surface area contributed by atoms with Gasteiger partial charge in [-0.25, -0.2) is 4.90 Å². The number of amides is 2. The Morgan fingerprint density at radius 2 is 1.65 bits per heavy atom. The maximum atomic E-state index is 13.1. The summed E-state index contributed by atoms with van der Waals surface area (Å²) in [6, 6.07) is 13.6. The van der Waals surface area contributed by atoms with Gasteiger partial charge in [0.15, 0.2) is 0 Å². The summed E-state index contributed by atoms with van der Waals surface area (Å²) in [5.74, 6) is -2.53. The van der Waals surface area contributed by atoms with E-state index in [1.807, 2.05) is 6.07 Å². The number of piperidine rings is 1. The van der Waals surface area contributed by atoms with Crippen LogP contribution in [0.3, 0.4) is 0 Å². The van der Waals surface area contributed by atoms with Gasteiger partial charge in [-0.1, -0.05) is 25.1 Å². The molecule has 0 spiro atoms. The number of methoxy groups -OCH3 is 1. The van der Waals surface area contributed by atoms with Crippen molar-refractivity contribution < 1.29 is 23.9 Å². The molecule has 2 aromatic rings. The SMILES string of the molecule is COc1ccc(N2C(=O)[C@H]3C(=O)Oc4ccccc4[C@@H]3[C@H](C)C2=O)cc1. The molecule has 6 heteroatoms. The third-order valence-electron chi connectivity index (χ3n) is 5.07. The topological polar surface area (TPSA) is 72.9 Å². The van der Waals surface area contributed by atoms with Gasteiger partial charge < -0.3 is 9.47 Å². The summed E-state index contributed by atoms with van der Waals surface area (Å²) >= 11 is 0. The molecule has 0 N–H and O–H groups in total. The van der Waals surface area contributed by atoms with Gasteiger partial charge in [0.1, 0.15) is 17.4 Å². The normalized spacial score (nSPS) is 24.6. The zero-order chi connectivity index (χ0) is 18.4. The van der Waals surface area contributed by atoms with Crippen LogP contribution in [0, 0.1) is 11.8 Å². The number of carbonyl (C=O) groups is 3. The molecular weight excluding hydrogens is 334 g/mol. The van der Waals surface area contributed by atoms with Crippen LogP contribution in [0.4, 0.5) is 5.69 Å². The number of carbonyl (C=O) groups excluding carboxylic acids is 3. The van der Waals surface area contributed by atoms with Crippen LogP contribution in [0.25, 0.3) is 0 Å². The van der Waals surface area contributed by atoms with Crippen LogP contribution in [-0.2, 0) is 14.4 Å². The second-order valence-electron chi connectivity index (χ2n) is 6.46. The number of esters is 1. The molecule has 0 bridgehead atoms. The van der Waals surface area contributed by atoms with Gasteiger partial charge in [0.2, 0.25) is 11.8 Å². The minimum Gasteiger partial charge on any atom is -0.497 e. The Balaban J connectivity index is 1.78. The summed E-state index contributed by atoms with van der Waals surface area (Å²) in [5.41, 5.74) is 1.14. The van der Waals surface area contributed by atoms with E-state index < -0.39 is 29.6 Å². The van der Waals surface area contributed by atoms with E-state index in [9.17, 15) is 14.4 Å². The number of nitrogens with zero attached hydrogens (tertiary/aromatic N) is 1. The maximum absolute atomic E-state index is 13.1. The number of ether oxygens (including phenoxy) is 2. The molecule has 0 aliphatic carbocycles. The van der Waals surface area contributed by atoms with E-state index in [1.165, 1.54) is 7.11 Å². The Morgan fingerprint density at radius 3 is 2.35 bits per heavy atom. The molecular formula is C20H17NO5. The highest BCUT2D eigenvalue weighted by Crippen LogP contribution is 2.46. The average molecular weight is 351 g/mol. The zero-order valence-electron chi connectivity index (χ0n) is 14.3. The summed E-state index contributed by atoms with van der Waals surface area (Å²) in [7, 11) is 1.54. The summed E-state index contributed by atoms with van der Waals surface area (Å²) in [5, 5.41) is 0. The van der Waals surface area contributed by atoms with Gasteiger partial charge in [-0.05, 0) is 30.3 Å². The number of hydrogen-bond donors (Lipinski definition) is 0. The molecule has 6 nitrogen and oxygen atoms in total. The standard InChI is InChI=1S/C20H17NO5/c1-11-16-14-5-3-4-6-15(14)26-20(24)17(16)19(23)21(18(11)22)12-7-9-13(25-2)10-8-12/h3-11,16-17H,1-2H3/t11-,16-,17-/m0/s1. The maximum Gasteiger partial charge on any atom is 0.324 e. The average Bonchev–Trinajstić information content (AvgIpc) is 2.66. The molecule has 26 heavy (non-hydrogen) atoms. The summed E-state index contributed by atoms with van der Waals surface area (Å²) in [6.07, 6.45) is 0. The molecule has 2 amide bonds. The molecule has 2 aromatic carbocycles. The van der Waals surface area contributed by atoms with Gasteiger partial charge in [-0.2, -0.15) is 0 Å². The van der Waals surface area contributed by atoms with Crippen molar-refractivity contribution in [2.45, 2.75) is 12.8 Å². The third-order valence-corrected chi connectivity index (χ3v) is 5.07. The van der Waals surface area contributed by atoms with Crippen LogP contribution in [0.15, 0.2) is 48.5 Å². The number of rotatable bonds is 2. The molecule has 132 valence electrons. The lowest BCUT2D eigenvalue weighted by molar-refractivity contribution is -0.151. The van der Waals surface area contributed by atoms with Crippen LogP contribution in [-0.4, -0.2) is 24.9 Å². The minimum atomic E-state index is -1.03. The van der Waals surface area contributed by atoms with Crippen molar-refractivity contribution in [2.75, 3.05) is 12.0 Å². The van der Waals surface area contributed by atoms with Crippen molar-refractivity contribution in [3.05, 3.63) is 54.1 Å². The van der Waals surface area contributed by atoms with E-state index in [0.29, 0.717) is 17.2 Å². The fourth-order valence-electron chi connectivity index (χ4n) is 3.75. The Morgan fingerprint density at radius 1 is 0.962 bits per heavy atom. The molecule has 1 saturated heterocycles. The molecule has 4 rings (SSSR count). The van der Waals surface area contributed by atoms with Gasteiger partial charge in [-0.3, -0.25) is 14.4 Å². The Kier molecular flexibility index (Phi) is 3.76. The molecule has 0 aromatic heterocycles. The minimum absolute atomic E-state index is 0.328. The monoisotopic (exact) mass is 351 g/mol. The van der Waals surface area contributed by atoms with Crippen LogP contribution in [0.5, 0.6) is 11.5 Å². The number of hydrogen-bond acceptors (Lipinski definition) is 5. The van der Waals surface area contributed by atoms with Gasteiger partial charge in [0.25, 0.3) is 0 Å². The number of fused-ring (bicyclic) bond motifs is 3. The van der Waals surface area contributed by atoms with E-state index in [4.69, 9.17) is 9.47 Å². The number of para-hydroxylation sites is 1. The second kappa shape index (κ2) is 5.98. The lowest BCUT2D eigenvalue weighted by Gasteiger charge is -2.41. The first-order valence-electron chi connectivity index (χ1n) is 8.35. The van der Waals surface area contributed by atoms with Crippen LogP contribution < -0.4 is 14.4 Å². The van der Waals surface area contributed by atoms with Gasteiger partial charge in [0, 0.05) is 17.4 Å². The van der Waals surface area contributed by atoms with Crippen molar-refractivity contribution in [3.8, 4) is 11.5 Å². The summed E-state index contributed by atoms with van der Waals surface area (Å²) < 4.78 is 10.5. The molecule has 0 unspecified atom stereocenters. The molecule has 2 aliphatic rings. The number of anilines is 1. The smallest absolute Gasteiger partial charge is 0.324 e. The Bertz CT molecular complexity index is 905. The summed E-state index contributed by atoms with van der Waals surface area (Å²) in [4.78, 5) is 39.7. The van der Waals surface area contributed by atoms with Crippen LogP contribution in [0.2, 0.25) is 0 Å². The Labute approximate surface area is 150 Å². The van der Waals surface area contributed by atoms with Gasteiger partial charge >= 0.3 is 5.97 Å². The van der Waals surface area contributed by atoms with E-state index in [-0.39, 0.29) is 5.91 Å². The van der Waals surface area contributed by atoms with Gasteiger partial charge in [-0.15, -0.1) is 0 Å². The highest BCUT2D eigenvalue weighted by Gasteiger charge is 2.54. The first kappa shape index (κ1) is 16.3. The van der Waals surface area contributed by atoms with Crippen LogP contribution in [0.1, 0.15) is 18.4 Å². The highest BCUT2D eigenvalue weighted by molar-refractivity contribution is 6.23. The third kappa shape index (κ3) is 2.29. The summed E-state index contributed by atoms with van der Waals surface area (Å²) in [6.45, 7) is 1.75. The Hall–Kier alpha value is -3.15. The zero-order valence-corrected chi connectivity index (χ0v) is 14.3. The number of benzene rings is 2. The van der Waals surface area contributed by atoms with Gasteiger partial charge in [0.05, 0.1) is 12.8 Å². The van der Waals surface area contributed by atoms with E-state index in [1.54, 1.807) is 49.4 Å². The lowest BCUT2D eigenvalue weighted by Crippen LogP contribution is -2.57. The lowest BCUT2D eigenvalue weighted by atomic mass is 9.72. The first-order chi connectivity index (χ1) is 12.5. The first-order valence-corrected chi connectivity index (χ1v) is 8.35. The fraction of sp³-hybridized carbons (Fsp3) is 0.250. The quantitative estimate of drug-likeness (QED) is 0.360. The van der Waals surface area contributed by atoms with Crippen LogP contribution >= 0.6 is 0 Å². The van der Waals surface area contributed by atoms with Crippen molar-refractivity contribution in [3.63, 3.8) is 0 Å². The molecule has 0 saturated carbocycles. The second-order valence-corrected chi connectivity index (χ2v) is 6.46. The number of imide groups is 1. The van der Waals surface area contributed by atoms with E-state index >= 15 is 0 Å². The molecule has 0 radical (unpaired) electrons. The van der Waals surface area contributed by atoms with Crippen molar-refractivity contribution in [2.24, 2.45) is 11.8 Å². The van der Waals surface area contributed by atoms with Crippen molar-refractivity contribution >= 4 is 23.5 Å². The molecule has 1 fully saturated rings. The molecule has 2 aliphatic heterocycles.